The van der Waals surface area contributed by atoms with Gasteiger partial charge in [0.25, 0.3) is 0 Å². The average Bonchev–Trinajstić information content (AvgIpc) is 2.53. The normalized spacial score (nSPS) is 10.1. The minimum Gasteiger partial charge on any atom is -0.496 e. The van der Waals surface area contributed by atoms with Gasteiger partial charge in [-0.1, -0.05) is 12.1 Å². The number of ketones is 1. The van der Waals surface area contributed by atoms with Crippen LogP contribution in [-0.2, 0) is 0 Å². The number of aryl methyl sites for hydroxylation is 1. The monoisotopic (exact) mass is 286 g/mol. The summed E-state index contributed by atoms with van der Waals surface area (Å²) in [5.41, 5.74) is 1.91. The Morgan fingerprint density at radius 1 is 0.810 bits per heavy atom. The van der Waals surface area contributed by atoms with Gasteiger partial charge < -0.3 is 14.2 Å². The van der Waals surface area contributed by atoms with Gasteiger partial charge in [0.15, 0.2) is 17.3 Å². The van der Waals surface area contributed by atoms with E-state index in [4.69, 9.17) is 14.2 Å². The number of methoxy groups -OCH3 is 3. The lowest BCUT2D eigenvalue weighted by molar-refractivity contribution is 0.103. The van der Waals surface area contributed by atoms with Crippen LogP contribution in [0.2, 0.25) is 0 Å². The molecule has 0 radical (unpaired) electrons. The van der Waals surface area contributed by atoms with Crippen LogP contribution < -0.4 is 14.2 Å². The second-order valence-electron chi connectivity index (χ2n) is 4.55. The van der Waals surface area contributed by atoms with Crippen molar-refractivity contribution in [3.63, 3.8) is 0 Å². The van der Waals surface area contributed by atoms with Gasteiger partial charge in [-0.2, -0.15) is 0 Å². The fourth-order valence-electron chi connectivity index (χ4n) is 2.20. The maximum atomic E-state index is 12.7. The highest BCUT2D eigenvalue weighted by Crippen LogP contribution is 2.32. The molecule has 0 saturated heterocycles. The molecule has 0 N–H and O–H groups in total. The van der Waals surface area contributed by atoms with Crippen LogP contribution in [0.4, 0.5) is 0 Å². The summed E-state index contributed by atoms with van der Waals surface area (Å²) in [5.74, 6) is 1.58. The van der Waals surface area contributed by atoms with Crippen molar-refractivity contribution in [1.29, 1.82) is 0 Å². The summed E-state index contributed by atoms with van der Waals surface area (Å²) < 4.78 is 15.8. The first-order valence-electron chi connectivity index (χ1n) is 6.52. The number of hydrogen-bond acceptors (Lipinski definition) is 4. The van der Waals surface area contributed by atoms with Crippen LogP contribution in [0, 0.1) is 6.92 Å². The van der Waals surface area contributed by atoms with E-state index in [1.54, 1.807) is 45.6 Å². The predicted molar refractivity (Wildman–Crippen MR) is 80.7 cm³/mol. The van der Waals surface area contributed by atoms with Crippen molar-refractivity contribution >= 4 is 5.78 Å². The maximum Gasteiger partial charge on any atom is 0.197 e. The van der Waals surface area contributed by atoms with E-state index in [2.05, 4.69) is 0 Å². The summed E-state index contributed by atoms with van der Waals surface area (Å²) in [4.78, 5) is 12.7. The molecular formula is C17H18O4. The van der Waals surface area contributed by atoms with E-state index in [0.717, 1.165) is 5.56 Å². The van der Waals surface area contributed by atoms with E-state index in [-0.39, 0.29) is 5.78 Å². The number of hydrogen-bond donors (Lipinski definition) is 0. The summed E-state index contributed by atoms with van der Waals surface area (Å²) in [5, 5.41) is 0. The van der Waals surface area contributed by atoms with Crippen molar-refractivity contribution in [2.45, 2.75) is 6.92 Å². The van der Waals surface area contributed by atoms with Gasteiger partial charge in [-0.25, -0.2) is 0 Å². The van der Waals surface area contributed by atoms with Crippen LogP contribution in [0.5, 0.6) is 17.2 Å². The topological polar surface area (TPSA) is 44.8 Å². The molecule has 0 aromatic heterocycles. The lowest BCUT2D eigenvalue weighted by Gasteiger charge is -2.13. The molecule has 4 heteroatoms. The summed E-state index contributed by atoms with van der Waals surface area (Å²) >= 11 is 0. The highest BCUT2D eigenvalue weighted by Gasteiger charge is 2.18. The second-order valence-corrected chi connectivity index (χ2v) is 4.55. The molecule has 0 heterocycles. The molecule has 0 fully saturated rings. The predicted octanol–water partition coefficient (Wildman–Crippen LogP) is 3.25. The van der Waals surface area contributed by atoms with Crippen LogP contribution >= 0.6 is 0 Å². The lowest BCUT2D eigenvalue weighted by atomic mass is 9.97. The molecule has 0 saturated carbocycles. The van der Waals surface area contributed by atoms with Gasteiger partial charge in [-0.15, -0.1) is 0 Å². The van der Waals surface area contributed by atoms with E-state index < -0.39 is 0 Å². The van der Waals surface area contributed by atoms with Gasteiger partial charge in [0.2, 0.25) is 0 Å². The molecule has 21 heavy (non-hydrogen) atoms. The molecule has 0 aliphatic heterocycles. The van der Waals surface area contributed by atoms with Gasteiger partial charge in [0.1, 0.15) is 5.75 Å². The number of benzene rings is 2. The van der Waals surface area contributed by atoms with E-state index in [1.807, 2.05) is 19.1 Å². The molecule has 110 valence electrons. The quantitative estimate of drug-likeness (QED) is 0.791. The Labute approximate surface area is 124 Å². The van der Waals surface area contributed by atoms with Crippen LogP contribution in [0.1, 0.15) is 21.5 Å². The molecule has 2 rings (SSSR count). The third-order valence-electron chi connectivity index (χ3n) is 3.33. The number of rotatable bonds is 5. The highest BCUT2D eigenvalue weighted by molar-refractivity contribution is 6.11. The number of ether oxygens (including phenoxy) is 3. The zero-order valence-corrected chi connectivity index (χ0v) is 12.6. The molecule has 4 nitrogen and oxygen atoms in total. The molecule has 0 bridgehead atoms. The average molecular weight is 286 g/mol. The molecule has 0 amide bonds. The van der Waals surface area contributed by atoms with Crippen molar-refractivity contribution in [2.24, 2.45) is 0 Å². The van der Waals surface area contributed by atoms with E-state index in [9.17, 15) is 4.79 Å². The first-order chi connectivity index (χ1) is 10.1. The van der Waals surface area contributed by atoms with Crippen LogP contribution in [0.3, 0.4) is 0 Å². The molecular weight excluding hydrogens is 268 g/mol. The minimum absolute atomic E-state index is 0.106. The van der Waals surface area contributed by atoms with Crippen molar-refractivity contribution in [1.82, 2.24) is 0 Å². The van der Waals surface area contributed by atoms with Crippen LogP contribution in [-0.4, -0.2) is 27.1 Å². The highest BCUT2D eigenvalue weighted by atomic mass is 16.5. The lowest BCUT2D eigenvalue weighted by Crippen LogP contribution is -2.07. The summed E-state index contributed by atoms with van der Waals surface area (Å²) in [7, 11) is 4.66. The molecule has 0 atom stereocenters. The fraction of sp³-hybridized carbons (Fsp3) is 0.235. The van der Waals surface area contributed by atoms with E-state index in [1.165, 1.54) is 0 Å². The first kappa shape index (κ1) is 14.9. The zero-order valence-electron chi connectivity index (χ0n) is 12.6. The third-order valence-corrected chi connectivity index (χ3v) is 3.33. The van der Waals surface area contributed by atoms with Crippen molar-refractivity contribution in [3.8, 4) is 17.2 Å². The largest absolute Gasteiger partial charge is 0.496 e. The number of carbonyl (C=O) groups is 1. The molecule has 0 spiro atoms. The zero-order chi connectivity index (χ0) is 15.4. The Balaban J connectivity index is 2.53. The Morgan fingerprint density at radius 2 is 1.38 bits per heavy atom. The molecule has 2 aromatic rings. The summed E-state index contributed by atoms with van der Waals surface area (Å²) in [6, 6.07) is 10.6. The summed E-state index contributed by atoms with van der Waals surface area (Å²) in [6.07, 6.45) is 0. The van der Waals surface area contributed by atoms with Crippen molar-refractivity contribution in [2.75, 3.05) is 21.3 Å². The van der Waals surface area contributed by atoms with Gasteiger partial charge in [-0.05, 0) is 36.8 Å². The van der Waals surface area contributed by atoms with E-state index >= 15 is 0 Å². The number of carbonyl (C=O) groups excluding carboxylic acids is 1. The van der Waals surface area contributed by atoms with Gasteiger partial charge in [-0.3, -0.25) is 4.79 Å². The minimum atomic E-state index is -0.106. The molecule has 2 aromatic carbocycles. The van der Waals surface area contributed by atoms with Crippen LogP contribution in [0.15, 0.2) is 36.4 Å². The smallest absolute Gasteiger partial charge is 0.197 e. The Hall–Kier alpha value is -2.49. The molecule has 0 aliphatic carbocycles. The van der Waals surface area contributed by atoms with Gasteiger partial charge >= 0.3 is 0 Å². The van der Waals surface area contributed by atoms with E-state index in [0.29, 0.717) is 28.4 Å². The Morgan fingerprint density at radius 3 is 2.00 bits per heavy atom. The fourth-order valence-corrected chi connectivity index (χ4v) is 2.20. The SMILES string of the molecule is COc1cc(C)c(C(=O)c2ccccc2OC)cc1OC. The first-order valence-corrected chi connectivity index (χ1v) is 6.52. The van der Waals surface area contributed by atoms with Crippen LogP contribution in [0.25, 0.3) is 0 Å². The van der Waals surface area contributed by atoms with Gasteiger partial charge in [0.05, 0.1) is 26.9 Å². The number of para-hydroxylation sites is 1. The standard InChI is InChI=1S/C17H18O4/c1-11-9-15(20-3)16(21-4)10-13(11)17(18)12-7-5-6-8-14(12)19-2/h5-10H,1-4H3. The Bertz CT molecular complexity index is 662. The van der Waals surface area contributed by atoms with Crippen molar-refractivity contribution in [3.05, 3.63) is 53.1 Å². The molecule has 0 aliphatic rings. The van der Waals surface area contributed by atoms with Crippen molar-refractivity contribution < 1.29 is 19.0 Å². The third kappa shape index (κ3) is 2.84. The molecule has 0 unspecified atom stereocenters. The summed E-state index contributed by atoms with van der Waals surface area (Å²) in [6.45, 7) is 1.87. The Kier molecular flexibility index (Phi) is 4.48. The maximum absolute atomic E-state index is 12.7. The van der Waals surface area contributed by atoms with Gasteiger partial charge in [0, 0.05) is 5.56 Å². The second kappa shape index (κ2) is 6.31.